The summed E-state index contributed by atoms with van der Waals surface area (Å²) in [5.41, 5.74) is 9.72. The highest BCUT2D eigenvalue weighted by molar-refractivity contribution is 5.96. The summed E-state index contributed by atoms with van der Waals surface area (Å²) in [4.78, 5) is 13.4. The van der Waals surface area contributed by atoms with Gasteiger partial charge in [-0.15, -0.1) is 0 Å². The van der Waals surface area contributed by atoms with Gasteiger partial charge in [-0.1, -0.05) is 0 Å². The van der Waals surface area contributed by atoms with Gasteiger partial charge in [0.1, 0.15) is 12.6 Å². The summed E-state index contributed by atoms with van der Waals surface area (Å²) in [5, 5.41) is 7.90. The van der Waals surface area contributed by atoms with Crippen LogP contribution in [0, 0.1) is 11.3 Å². The second kappa shape index (κ2) is 3.43. The molecule has 0 saturated carbocycles. The van der Waals surface area contributed by atoms with E-state index in [1.54, 1.807) is 0 Å². The van der Waals surface area contributed by atoms with Crippen LogP contribution in [-0.4, -0.2) is 18.3 Å². The number of nitriles is 1. The van der Waals surface area contributed by atoms with Crippen molar-refractivity contribution in [3.05, 3.63) is 0 Å². The summed E-state index contributed by atoms with van der Waals surface area (Å²) >= 11 is 0. The first-order chi connectivity index (χ1) is 4.16. The van der Waals surface area contributed by atoms with Crippen LogP contribution in [-0.2, 0) is 4.79 Å². The van der Waals surface area contributed by atoms with Crippen molar-refractivity contribution in [3.63, 3.8) is 0 Å². The minimum atomic E-state index is -0.650. The zero-order chi connectivity index (χ0) is 7.28. The van der Waals surface area contributed by atoms with Crippen LogP contribution in [0.2, 0.25) is 0 Å². The summed E-state index contributed by atoms with van der Waals surface area (Å²) in [7, 11) is 0. The Bertz CT molecular complexity index is 173. The van der Waals surface area contributed by atoms with Gasteiger partial charge in [-0.05, 0) is 0 Å². The average molecular weight is 126 g/mol. The van der Waals surface area contributed by atoms with Crippen LogP contribution < -0.4 is 11.5 Å². The van der Waals surface area contributed by atoms with Crippen molar-refractivity contribution in [2.75, 3.05) is 6.54 Å². The summed E-state index contributed by atoms with van der Waals surface area (Å²) in [6, 6.07) is 1.36. The first-order valence-electron chi connectivity index (χ1n) is 2.15. The van der Waals surface area contributed by atoms with Gasteiger partial charge in [-0.2, -0.15) is 5.26 Å². The lowest BCUT2D eigenvalue weighted by atomic mass is 10.4. The minimum Gasteiger partial charge on any atom is -0.370 e. The number of carbonyl (C=O) groups excluding carboxylic acids is 1. The van der Waals surface area contributed by atoms with E-state index in [4.69, 9.17) is 16.7 Å². The van der Waals surface area contributed by atoms with E-state index in [1.165, 1.54) is 6.07 Å². The highest BCUT2D eigenvalue weighted by atomic mass is 16.1. The third kappa shape index (κ3) is 4.28. The predicted molar refractivity (Wildman–Crippen MR) is 31.3 cm³/mol. The Morgan fingerprint density at radius 3 is 2.56 bits per heavy atom. The Morgan fingerprint density at radius 1 is 1.67 bits per heavy atom. The lowest BCUT2D eigenvalue weighted by molar-refractivity contribution is -0.112. The maximum atomic E-state index is 10.1. The molecule has 0 amide bonds. The fourth-order valence-electron chi connectivity index (χ4n) is 0.198. The number of nitrogens with two attached hydrogens (primary N) is 2. The van der Waals surface area contributed by atoms with E-state index in [0.717, 1.165) is 0 Å². The van der Waals surface area contributed by atoms with Crippen molar-refractivity contribution < 1.29 is 4.79 Å². The standard InChI is InChI=1S/C4H6N4O/c5-1-3(9)2-8-4(6)7/h2H2,(H4,6,7,8). The molecule has 0 bridgehead atoms. The van der Waals surface area contributed by atoms with E-state index in [9.17, 15) is 4.79 Å². The van der Waals surface area contributed by atoms with Crippen LogP contribution in [0.1, 0.15) is 0 Å². The number of aliphatic imine (C=N–C) groups is 1. The van der Waals surface area contributed by atoms with E-state index >= 15 is 0 Å². The molecule has 0 spiro atoms. The Labute approximate surface area is 52.0 Å². The van der Waals surface area contributed by atoms with Gasteiger partial charge in [-0.3, -0.25) is 4.79 Å². The van der Waals surface area contributed by atoms with Crippen molar-refractivity contribution in [2.45, 2.75) is 0 Å². The maximum absolute atomic E-state index is 10.1. The number of rotatable bonds is 2. The minimum absolute atomic E-state index is 0.182. The summed E-state index contributed by atoms with van der Waals surface area (Å²) in [6.07, 6.45) is 0. The molecule has 0 rings (SSSR count). The van der Waals surface area contributed by atoms with Gasteiger partial charge in [0.05, 0.1) is 0 Å². The van der Waals surface area contributed by atoms with Crippen LogP contribution >= 0.6 is 0 Å². The average Bonchev–Trinajstić information content (AvgIpc) is 1.83. The maximum Gasteiger partial charge on any atom is 0.253 e. The number of ketones is 1. The Balaban J connectivity index is 3.67. The zero-order valence-electron chi connectivity index (χ0n) is 4.66. The van der Waals surface area contributed by atoms with Crippen LogP contribution in [0.15, 0.2) is 4.99 Å². The van der Waals surface area contributed by atoms with E-state index in [-0.39, 0.29) is 12.5 Å². The largest absolute Gasteiger partial charge is 0.370 e. The number of nitrogens with zero attached hydrogens (tertiary/aromatic N) is 2. The molecule has 0 unspecified atom stereocenters. The predicted octanol–water partition coefficient (Wildman–Crippen LogP) is -1.65. The molecular weight excluding hydrogens is 120 g/mol. The quantitative estimate of drug-likeness (QED) is 0.262. The Hall–Kier alpha value is -1.57. The smallest absolute Gasteiger partial charge is 0.253 e. The Kier molecular flexibility index (Phi) is 2.84. The van der Waals surface area contributed by atoms with E-state index in [2.05, 4.69) is 4.99 Å². The third-order valence-electron chi connectivity index (χ3n) is 0.530. The third-order valence-corrected chi connectivity index (χ3v) is 0.530. The second-order valence-electron chi connectivity index (χ2n) is 1.28. The molecule has 0 saturated heterocycles. The normalized spacial score (nSPS) is 7.44. The van der Waals surface area contributed by atoms with Crippen LogP contribution in [0.25, 0.3) is 0 Å². The molecular formula is C4H6N4O. The van der Waals surface area contributed by atoms with Gasteiger partial charge >= 0.3 is 0 Å². The number of hydrogen-bond acceptors (Lipinski definition) is 3. The van der Waals surface area contributed by atoms with Gasteiger partial charge in [0.15, 0.2) is 5.96 Å². The molecule has 0 radical (unpaired) electrons. The number of Topliss-reactive ketones (excluding diaryl/α,β-unsaturated/α-hetero) is 1. The molecule has 0 aromatic heterocycles. The van der Waals surface area contributed by atoms with Gasteiger partial charge < -0.3 is 11.5 Å². The van der Waals surface area contributed by atoms with Crippen molar-refractivity contribution in [3.8, 4) is 6.07 Å². The molecule has 0 aliphatic heterocycles. The van der Waals surface area contributed by atoms with E-state index in [1.807, 2.05) is 0 Å². The number of guanidine groups is 1. The van der Waals surface area contributed by atoms with Crippen LogP contribution in [0.5, 0.6) is 0 Å². The van der Waals surface area contributed by atoms with Crippen LogP contribution in [0.4, 0.5) is 0 Å². The molecule has 5 nitrogen and oxygen atoms in total. The highest BCUT2D eigenvalue weighted by Crippen LogP contribution is 1.69. The molecule has 0 aliphatic carbocycles. The number of carbonyl (C=O) groups is 1. The van der Waals surface area contributed by atoms with Gasteiger partial charge in [0, 0.05) is 0 Å². The van der Waals surface area contributed by atoms with Gasteiger partial charge in [0.25, 0.3) is 5.78 Å². The van der Waals surface area contributed by atoms with E-state index < -0.39 is 5.78 Å². The van der Waals surface area contributed by atoms with Crippen molar-refractivity contribution in [1.82, 2.24) is 0 Å². The molecule has 0 atom stereocenters. The molecule has 0 fully saturated rings. The molecule has 0 heterocycles. The topological polar surface area (TPSA) is 105 Å². The first-order valence-corrected chi connectivity index (χ1v) is 2.15. The number of hydrogen-bond donors (Lipinski definition) is 2. The van der Waals surface area contributed by atoms with Gasteiger partial charge in [0.2, 0.25) is 0 Å². The zero-order valence-corrected chi connectivity index (χ0v) is 4.66. The second-order valence-corrected chi connectivity index (χ2v) is 1.28. The molecule has 4 N–H and O–H groups in total. The monoisotopic (exact) mass is 126 g/mol. The molecule has 0 aliphatic rings. The van der Waals surface area contributed by atoms with Crippen molar-refractivity contribution in [1.29, 1.82) is 5.26 Å². The first kappa shape index (κ1) is 7.43. The lowest BCUT2D eigenvalue weighted by Crippen LogP contribution is -2.23. The van der Waals surface area contributed by atoms with Crippen molar-refractivity contribution >= 4 is 11.7 Å². The summed E-state index contributed by atoms with van der Waals surface area (Å²) in [6.45, 7) is -0.251. The highest BCUT2D eigenvalue weighted by Gasteiger charge is 1.93. The molecule has 48 valence electrons. The lowest BCUT2D eigenvalue weighted by Gasteiger charge is -1.85. The van der Waals surface area contributed by atoms with Gasteiger partial charge in [-0.25, -0.2) is 4.99 Å². The summed E-state index contributed by atoms with van der Waals surface area (Å²) in [5.74, 6) is -0.831. The fourth-order valence-corrected chi connectivity index (χ4v) is 0.198. The fraction of sp³-hybridized carbons (Fsp3) is 0.250. The molecule has 5 heteroatoms. The van der Waals surface area contributed by atoms with Crippen molar-refractivity contribution in [2.24, 2.45) is 16.5 Å². The van der Waals surface area contributed by atoms with Crippen LogP contribution in [0.3, 0.4) is 0 Å². The van der Waals surface area contributed by atoms with E-state index in [0.29, 0.717) is 0 Å². The molecule has 9 heavy (non-hydrogen) atoms. The molecule has 0 aromatic rings. The SMILES string of the molecule is N#CC(=O)CN=C(N)N. The summed E-state index contributed by atoms with van der Waals surface area (Å²) < 4.78 is 0. The molecule has 0 aromatic carbocycles. The Morgan fingerprint density at radius 2 is 2.22 bits per heavy atom.